The minimum Gasteiger partial charge on any atom is -0.385 e. The number of benzene rings is 1. The van der Waals surface area contributed by atoms with Crippen molar-refractivity contribution in [3.63, 3.8) is 0 Å². The van der Waals surface area contributed by atoms with Gasteiger partial charge in [-0.3, -0.25) is 4.79 Å². The van der Waals surface area contributed by atoms with E-state index in [9.17, 15) is 4.79 Å². The third kappa shape index (κ3) is 5.12. The summed E-state index contributed by atoms with van der Waals surface area (Å²) < 4.78 is 11.2. The minimum absolute atomic E-state index is 0.153. The van der Waals surface area contributed by atoms with Crippen LogP contribution in [0.4, 0.5) is 5.88 Å². The molecule has 0 spiro atoms. The Hall–Kier alpha value is -2.34. The molecule has 31 heavy (non-hydrogen) atoms. The van der Waals surface area contributed by atoms with Crippen LogP contribution in [-0.4, -0.2) is 49.3 Å². The summed E-state index contributed by atoms with van der Waals surface area (Å²) in [5.74, 6) is 1.27. The van der Waals surface area contributed by atoms with Gasteiger partial charge in [0, 0.05) is 44.8 Å². The van der Waals surface area contributed by atoms with E-state index in [0.717, 1.165) is 67.9 Å². The number of nitrogens with zero attached hydrogens (tertiary/aromatic N) is 3. The predicted molar refractivity (Wildman–Crippen MR) is 122 cm³/mol. The van der Waals surface area contributed by atoms with Gasteiger partial charge in [0.1, 0.15) is 5.69 Å². The first-order valence-corrected chi connectivity index (χ1v) is 11.8. The van der Waals surface area contributed by atoms with Gasteiger partial charge in [-0.25, -0.2) is 0 Å². The van der Waals surface area contributed by atoms with E-state index in [0.29, 0.717) is 19.7 Å². The van der Waals surface area contributed by atoms with Crippen LogP contribution >= 0.6 is 0 Å². The first-order valence-electron chi connectivity index (χ1n) is 11.8. The number of amides is 1. The van der Waals surface area contributed by atoms with Gasteiger partial charge in [-0.05, 0) is 45.1 Å². The smallest absolute Gasteiger partial charge is 0.232 e. The molecule has 0 bridgehead atoms. The van der Waals surface area contributed by atoms with Crippen molar-refractivity contribution in [2.45, 2.75) is 58.4 Å². The Balaban J connectivity index is 1.66. The third-order valence-electron chi connectivity index (χ3n) is 6.59. The number of rotatable bonds is 9. The lowest BCUT2D eigenvalue weighted by Gasteiger charge is -2.27. The fourth-order valence-corrected chi connectivity index (χ4v) is 4.92. The van der Waals surface area contributed by atoms with Crippen molar-refractivity contribution in [2.75, 3.05) is 38.3 Å². The van der Waals surface area contributed by atoms with Gasteiger partial charge in [0.25, 0.3) is 0 Å². The Labute approximate surface area is 185 Å². The molecule has 6 heteroatoms. The molecule has 6 nitrogen and oxygen atoms in total. The number of carbonyl (C=O) groups excluding carboxylic acids is 1. The van der Waals surface area contributed by atoms with Crippen molar-refractivity contribution in [3.05, 3.63) is 35.4 Å². The monoisotopic (exact) mass is 425 g/mol. The van der Waals surface area contributed by atoms with E-state index < -0.39 is 0 Å². The molecule has 2 heterocycles. The maximum atomic E-state index is 13.4. The molecule has 1 aliphatic carbocycles. The zero-order valence-corrected chi connectivity index (χ0v) is 18.9. The second kappa shape index (κ2) is 10.3. The first-order chi connectivity index (χ1) is 15.2. The number of methoxy groups -OCH3 is 1. The van der Waals surface area contributed by atoms with Crippen LogP contribution in [0.5, 0.6) is 0 Å². The van der Waals surface area contributed by atoms with Gasteiger partial charge in [0.2, 0.25) is 11.8 Å². The number of aromatic nitrogens is 1. The van der Waals surface area contributed by atoms with Crippen LogP contribution < -0.4 is 4.90 Å². The number of aryl methyl sites for hydroxylation is 1. The van der Waals surface area contributed by atoms with E-state index in [1.807, 2.05) is 4.90 Å². The van der Waals surface area contributed by atoms with Crippen LogP contribution in [-0.2, 0) is 16.1 Å². The summed E-state index contributed by atoms with van der Waals surface area (Å²) in [4.78, 5) is 17.7. The number of hydrogen-bond acceptors (Lipinski definition) is 5. The molecule has 168 valence electrons. The summed E-state index contributed by atoms with van der Waals surface area (Å²) in [7, 11) is 1.71. The number of carbonyl (C=O) groups is 1. The van der Waals surface area contributed by atoms with Crippen molar-refractivity contribution >= 4 is 11.8 Å². The lowest BCUT2D eigenvalue weighted by molar-refractivity contribution is -0.136. The van der Waals surface area contributed by atoms with Crippen LogP contribution in [0, 0.1) is 12.8 Å². The SMILES string of the molecule is COCCCN(Cc1c(-c2cccc(C)c2)noc1N1CCCC1)C(=O)C1CCCC1. The molecule has 2 aliphatic rings. The van der Waals surface area contributed by atoms with E-state index in [-0.39, 0.29) is 11.8 Å². The van der Waals surface area contributed by atoms with Gasteiger partial charge in [-0.1, -0.05) is 41.8 Å². The highest BCUT2D eigenvalue weighted by atomic mass is 16.5. The lowest BCUT2D eigenvalue weighted by Crippen LogP contribution is -2.36. The van der Waals surface area contributed by atoms with Gasteiger partial charge < -0.3 is 19.1 Å². The van der Waals surface area contributed by atoms with Crippen molar-refractivity contribution < 1.29 is 14.1 Å². The molecular weight excluding hydrogens is 390 g/mol. The minimum atomic E-state index is 0.153. The average molecular weight is 426 g/mol. The van der Waals surface area contributed by atoms with E-state index in [1.54, 1.807) is 7.11 Å². The molecule has 0 atom stereocenters. The van der Waals surface area contributed by atoms with Gasteiger partial charge >= 0.3 is 0 Å². The van der Waals surface area contributed by atoms with Crippen LogP contribution in [0.3, 0.4) is 0 Å². The molecule has 1 amide bonds. The quantitative estimate of drug-likeness (QED) is 0.540. The Morgan fingerprint density at radius 2 is 2.00 bits per heavy atom. The normalized spacial score (nSPS) is 16.9. The summed E-state index contributed by atoms with van der Waals surface area (Å²) >= 11 is 0. The second-order valence-electron chi connectivity index (χ2n) is 8.97. The molecular formula is C25H35N3O3. The molecule has 0 N–H and O–H groups in total. The third-order valence-corrected chi connectivity index (χ3v) is 6.59. The lowest BCUT2D eigenvalue weighted by atomic mass is 10.0. The van der Waals surface area contributed by atoms with E-state index >= 15 is 0 Å². The molecule has 1 saturated carbocycles. The number of anilines is 1. The Morgan fingerprint density at radius 1 is 1.23 bits per heavy atom. The molecule has 0 radical (unpaired) electrons. The second-order valence-corrected chi connectivity index (χ2v) is 8.97. The summed E-state index contributed by atoms with van der Waals surface area (Å²) in [6.07, 6.45) is 7.49. The van der Waals surface area contributed by atoms with Gasteiger partial charge in [0.05, 0.1) is 12.1 Å². The maximum Gasteiger partial charge on any atom is 0.232 e. The van der Waals surface area contributed by atoms with Crippen LogP contribution in [0.25, 0.3) is 11.3 Å². The van der Waals surface area contributed by atoms with E-state index in [1.165, 1.54) is 18.4 Å². The fraction of sp³-hybridized carbons (Fsp3) is 0.600. The molecule has 1 aromatic heterocycles. The summed E-state index contributed by atoms with van der Waals surface area (Å²) in [5.41, 5.74) is 4.14. The van der Waals surface area contributed by atoms with Crippen molar-refractivity contribution in [1.29, 1.82) is 0 Å². The van der Waals surface area contributed by atoms with Crippen molar-refractivity contribution in [2.24, 2.45) is 5.92 Å². The predicted octanol–water partition coefficient (Wildman–Crippen LogP) is 4.81. The summed E-state index contributed by atoms with van der Waals surface area (Å²) in [6, 6.07) is 8.36. The molecule has 1 aliphatic heterocycles. The zero-order valence-electron chi connectivity index (χ0n) is 18.9. The van der Waals surface area contributed by atoms with E-state index in [4.69, 9.17) is 9.26 Å². The molecule has 1 saturated heterocycles. The van der Waals surface area contributed by atoms with Crippen molar-refractivity contribution in [3.8, 4) is 11.3 Å². The van der Waals surface area contributed by atoms with Crippen LogP contribution in [0.1, 0.15) is 56.1 Å². The molecule has 0 unspecified atom stereocenters. The van der Waals surface area contributed by atoms with Gasteiger partial charge in [-0.15, -0.1) is 0 Å². The number of hydrogen-bond donors (Lipinski definition) is 0. The fourth-order valence-electron chi connectivity index (χ4n) is 4.92. The van der Waals surface area contributed by atoms with Crippen LogP contribution in [0.2, 0.25) is 0 Å². The summed E-state index contributed by atoms with van der Waals surface area (Å²) in [6.45, 7) is 5.94. The first kappa shape index (κ1) is 21.9. The standard InChI is InChI=1S/C25H35N3O3/c1-19-9-7-12-21(17-19)23-22(25(31-26-23)27-13-5-6-14-27)18-28(15-8-16-30-2)24(29)20-10-3-4-11-20/h7,9,12,17,20H,3-6,8,10-11,13-16,18H2,1-2H3. The Bertz CT molecular complexity index is 867. The van der Waals surface area contributed by atoms with Gasteiger partial charge in [0.15, 0.2) is 0 Å². The molecule has 4 rings (SSSR count). The highest BCUT2D eigenvalue weighted by molar-refractivity contribution is 5.80. The van der Waals surface area contributed by atoms with E-state index in [2.05, 4.69) is 41.2 Å². The Kier molecular flexibility index (Phi) is 7.28. The molecule has 2 aromatic rings. The van der Waals surface area contributed by atoms with Crippen LogP contribution in [0.15, 0.2) is 28.8 Å². The highest BCUT2D eigenvalue weighted by Crippen LogP contribution is 2.35. The summed E-state index contributed by atoms with van der Waals surface area (Å²) in [5, 5.41) is 4.50. The number of ether oxygens (including phenoxy) is 1. The molecule has 2 fully saturated rings. The van der Waals surface area contributed by atoms with Gasteiger partial charge in [-0.2, -0.15) is 0 Å². The highest BCUT2D eigenvalue weighted by Gasteiger charge is 2.31. The average Bonchev–Trinajstić information content (AvgIpc) is 3.54. The van der Waals surface area contributed by atoms with Crippen molar-refractivity contribution in [1.82, 2.24) is 10.1 Å². The zero-order chi connectivity index (χ0) is 21.6. The maximum absolute atomic E-state index is 13.4. The molecule has 1 aromatic carbocycles. The largest absolute Gasteiger partial charge is 0.385 e. The Morgan fingerprint density at radius 3 is 2.71 bits per heavy atom. The topological polar surface area (TPSA) is 58.8 Å².